The molecule has 20 heavy (non-hydrogen) atoms. The average molecular weight is 350 g/mol. The highest BCUT2D eigenvalue weighted by molar-refractivity contribution is 6.52. The van der Waals surface area contributed by atoms with E-state index in [0.717, 1.165) is 0 Å². The molecule has 0 aliphatic carbocycles. The van der Waals surface area contributed by atoms with Crippen LogP contribution in [0.1, 0.15) is 0 Å². The topological polar surface area (TPSA) is 18.5 Å². The summed E-state index contributed by atoms with van der Waals surface area (Å²) < 4.78 is 129. The highest BCUT2D eigenvalue weighted by atomic mass is 28.5. The van der Waals surface area contributed by atoms with Gasteiger partial charge in [-0.1, -0.05) is 0 Å². The Labute approximate surface area is 105 Å². The Kier molecular flexibility index (Phi) is 4.28. The second-order valence-corrected chi connectivity index (χ2v) is 5.20. The lowest BCUT2D eigenvalue weighted by Crippen LogP contribution is -2.29. The van der Waals surface area contributed by atoms with Crippen LogP contribution in [0.25, 0.3) is 0 Å². The van der Waals surface area contributed by atoms with E-state index in [4.69, 9.17) is 0 Å². The van der Waals surface area contributed by atoms with Crippen LogP contribution in [0.2, 0.25) is 0 Å². The molecule has 1 rings (SSSR count). The second kappa shape index (κ2) is 5.15. The molecule has 0 aliphatic heterocycles. The Morgan fingerprint density at radius 3 is 0.850 bits per heavy atom. The lowest BCUT2D eigenvalue weighted by molar-refractivity contribution is 0.250. The van der Waals surface area contributed by atoms with E-state index in [2.05, 4.69) is 8.85 Å². The summed E-state index contributed by atoms with van der Waals surface area (Å²) in [5.74, 6) is -16.1. The third-order valence-electron chi connectivity index (χ3n) is 1.62. The molecule has 1 aromatic carbocycles. The van der Waals surface area contributed by atoms with E-state index in [-0.39, 0.29) is 0 Å². The summed E-state index contributed by atoms with van der Waals surface area (Å²) in [6, 6.07) is 0. The minimum absolute atomic E-state index is 2.50. The first kappa shape index (κ1) is 16.6. The van der Waals surface area contributed by atoms with Gasteiger partial charge in [-0.15, -0.1) is 0 Å². The van der Waals surface area contributed by atoms with E-state index in [0.29, 0.717) is 0 Å². The Hall–Kier alpha value is -1.45. The number of hydrogen-bond acceptors (Lipinski definition) is 2. The van der Waals surface area contributed by atoms with Gasteiger partial charge in [-0.2, -0.15) is 17.6 Å². The fourth-order valence-corrected chi connectivity index (χ4v) is 1.82. The molecule has 0 aliphatic rings. The van der Waals surface area contributed by atoms with Gasteiger partial charge in [-0.25, -0.2) is 24.6 Å². The van der Waals surface area contributed by atoms with E-state index in [1.54, 1.807) is 0 Å². The molecular formula is C6F10O2Si2. The van der Waals surface area contributed by atoms with Gasteiger partial charge in [-0.3, -0.25) is 0 Å². The van der Waals surface area contributed by atoms with Crippen LogP contribution in [0.3, 0.4) is 0 Å². The number of benzene rings is 1. The molecule has 2 nitrogen and oxygen atoms in total. The van der Waals surface area contributed by atoms with E-state index in [9.17, 15) is 42.2 Å². The van der Waals surface area contributed by atoms with Crippen LogP contribution < -0.4 is 8.85 Å². The summed E-state index contributed by atoms with van der Waals surface area (Å²) >= 11 is 0. The predicted octanol–water partition coefficient (Wildman–Crippen LogP) is 3.69. The summed E-state index contributed by atoms with van der Waals surface area (Å²) in [5, 5.41) is 0. The molecule has 0 radical (unpaired) electrons. The van der Waals surface area contributed by atoms with E-state index < -0.39 is 53.4 Å². The van der Waals surface area contributed by atoms with Crippen molar-refractivity contribution >= 4 is 18.6 Å². The molecule has 114 valence electrons. The summed E-state index contributed by atoms with van der Waals surface area (Å²) in [5.41, 5.74) is 0. The molecule has 0 N–H and O–H groups in total. The fourth-order valence-electron chi connectivity index (χ4n) is 1.00. The quantitative estimate of drug-likeness (QED) is 0.357. The van der Waals surface area contributed by atoms with Crippen molar-refractivity contribution in [2.24, 2.45) is 0 Å². The largest absolute Gasteiger partial charge is 0.875 e. The SMILES string of the molecule is Fc1c(F)c(O[Si](F)(F)F)c(F)c(F)c1O[Si](F)(F)F. The van der Waals surface area contributed by atoms with Crippen molar-refractivity contribution in [2.45, 2.75) is 0 Å². The second-order valence-electron chi connectivity index (χ2n) is 3.01. The highest BCUT2D eigenvalue weighted by Gasteiger charge is 2.50. The van der Waals surface area contributed by atoms with Gasteiger partial charge in [0.05, 0.1) is 0 Å². The third-order valence-corrected chi connectivity index (χ3v) is 2.49. The lowest BCUT2D eigenvalue weighted by atomic mass is 10.2. The number of hydrogen-bond donors (Lipinski definition) is 0. The monoisotopic (exact) mass is 350 g/mol. The average Bonchev–Trinajstić information content (AvgIpc) is 2.25. The molecular weight excluding hydrogens is 350 g/mol. The summed E-state index contributed by atoms with van der Waals surface area (Å²) in [6.07, 6.45) is 0. The molecule has 0 atom stereocenters. The van der Waals surface area contributed by atoms with E-state index in [1.165, 1.54) is 0 Å². The molecule has 0 unspecified atom stereocenters. The summed E-state index contributed by atoms with van der Waals surface area (Å²) in [7, 11) is -14.3. The van der Waals surface area contributed by atoms with Crippen molar-refractivity contribution in [1.29, 1.82) is 0 Å². The van der Waals surface area contributed by atoms with Crippen LogP contribution in [0.4, 0.5) is 42.2 Å². The van der Waals surface area contributed by atoms with Gasteiger partial charge >= 0.3 is 18.6 Å². The van der Waals surface area contributed by atoms with Gasteiger partial charge in [0, 0.05) is 0 Å². The lowest BCUT2D eigenvalue weighted by Gasteiger charge is -2.14. The molecule has 0 saturated heterocycles. The van der Waals surface area contributed by atoms with Gasteiger partial charge in [-0.05, 0) is 0 Å². The van der Waals surface area contributed by atoms with E-state index >= 15 is 0 Å². The molecule has 0 fully saturated rings. The van der Waals surface area contributed by atoms with Crippen LogP contribution in [0.15, 0.2) is 0 Å². The zero-order valence-electron chi connectivity index (χ0n) is 8.60. The van der Waals surface area contributed by atoms with Crippen molar-refractivity contribution < 1.29 is 51.1 Å². The zero-order chi connectivity index (χ0) is 15.9. The van der Waals surface area contributed by atoms with Gasteiger partial charge < -0.3 is 8.85 Å². The molecule has 1 aromatic rings. The Balaban J connectivity index is 3.42. The first-order valence-electron chi connectivity index (χ1n) is 4.21. The molecule has 0 saturated carbocycles. The Morgan fingerprint density at radius 2 is 0.700 bits per heavy atom. The molecule has 0 amide bonds. The van der Waals surface area contributed by atoms with Gasteiger partial charge in [0.2, 0.25) is 23.3 Å². The van der Waals surface area contributed by atoms with E-state index in [1.807, 2.05) is 0 Å². The molecule has 0 aromatic heterocycles. The first-order chi connectivity index (χ1) is 8.83. The maximum atomic E-state index is 13.0. The van der Waals surface area contributed by atoms with Crippen LogP contribution in [-0.2, 0) is 0 Å². The standard InChI is InChI=1S/C6F10O2Si2/c7-1-2(8)6(18-20(14,15)16)4(10)3(9)5(1)17-19(11,12)13. The van der Waals surface area contributed by atoms with Gasteiger partial charge in [0.15, 0.2) is 11.5 Å². The fraction of sp³-hybridized carbons (Fsp3) is 0. The van der Waals surface area contributed by atoms with Crippen LogP contribution in [0.5, 0.6) is 11.5 Å². The van der Waals surface area contributed by atoms with Crippen molar-refractivity contribution in [3.63, 3.8) is 0 Å². The molecule has 0 bridgehead atoms. The normalized spacial score (nSPS) is 12.5. The molecule has 14 heteroatoms. The number of halogens is 10. The van der Waals surface area contributed by atoms with Crippen LogP contribution in [-0.4, -0.2) is 18.6 Å². The highest BCUT2D eigenvalue weighted by Crippen LogP contribution is 2.37. The minimum Gasteiger partial charge on any atom is -0.466 e. The number of rotatable bonds is 4. The Bertz CT molecular complexity index is 448. The minimum atomic E-state index is -7.14. The maximum Gasteiger partial charge on any atom is 0.875 e. The molecule has 0 spiro atoms. The Morgan fingerprint density at radius 1 is 0.500 bits per heavy atom. The predicted molar refractivity (Wildman–Crippen MR) is 45.7 cm³/mol. The van der Waals surface area contributed by atoms with Gasteiger partial charge in [0.1, 0.15) is 0 Å². The van der Waals surface area contributed by atoms with Crippen molar-refractivity contribution in [2.75, 3.05) is 0 Å². The van der Waals surface area contributed by atoms with Crippen LogP contribution in [0, 0.1) is 23.3 Å². The zero-order valence-corrected chi connectivity index (χ0v) is 10.6. The maximum absolute atomic E-state index is 13.0. The first-order valence-corrected chi connectivity index (χ1v) is 7.29. The van der Waals surface area contributed by atoms with Crippen molar-refractivity contribution in [1.82, 2.24) is 0 Å². The van der Waals surface area contributed by atoms with Crippen molar-refractivity contribution in [3.05, 3.63) is 23.3 Å². The van der Waals surface area contributed by atoms with Crippen molar-refractivity contribution in [3.8, 4) is 11.5 Å². The van der Waals surface area contributed by atoms with Gasteiger partial charge in [0.25, 0.3) is 0 Å². The third kappa shape index (κ3) is 3.78. The summed E-state index contributed by atoms with van der Waals surface area (Å²) in [6.45, 7) is 0. The van der Waals surface area contributed by atoms with Crippen LogP contribution >= 0.6 is 0 Å². The summed E-state index contributed by atoms with van der Waals surface area (Å²) in [4.78, 5) is 0. The smallest absolute Gasteiger partial charge is 0.466 e. The molecule has 0 heterocycles.